The molecule has 1 atom stereocenters. The molecule has 108 valence electrons. The summed E-state index contributed by atoms with van der Waals surface area (Å²) >= 11 is 0. The predicted octanol–water partition coefficient (Wildman–Crippen LogP) is 2.60. The summed E-state index contributed by atoms with van der Waals surface area (Å²) in [5.74, 6) is 0. The molecule has 3 heteroatoms. The van der Waals surface area contributed by atoms with Crippen LogP contribution in [0.15, 0.2) is 0 Å². The monoisotopic (exact) mass is 256 g/mol. The number of hydrogen-bond donors (Lipinski definition) is 0. The lowest BCUT2D eigenvalue weighted by atomic mass is 9.98. The molecule has 0 saturated carbocycles. The predicted molar refractivity (Wildman–Crippen MR) is 78.0 cm³/mol. The number of nitrogens with zero attached hydrogens (tertiary/aromatic N) is 2. The van der Waals surface area contributed by atoms with Crippen LogP contribution in [0.25, 0.3) is 0 Å². The van der Waals surface area contributed by atoms with E-state index in [1.807, 2.05) is 0 Å². The van der Waals surface area contributed by atoms with Crippen molar-refractivity contribution < 1.29 is 4.74 Å². The van der Waals surface area contributed by atoms with E-state index in [0.29, 0.717) is 17.6 Å². The summed E-state index contributed by atoms with van der Waals surface area (Å²) in [6, 6.07) is 1.26. The zero-order valence-corrected chi connectivity index (χ0v) is 13.6. The highest BCUT2D eigenvalue weighted by Gasteiger charge is 2.41. The molecule has 1 saturated heterocycles. The third kappa shape index (κ3) is 3.69. The minimum atomic E-state index is -0.0653. The van der Waals surface area contributed by atoms with Crippen molar-refractivity contribution in [2.75, 3.05) is 27.2 Å². The van der Waals surface area contributed by atoms with E-state index in [0.717, 1.165) is 6.54 Å². The summed E-state index contributed by atoms with van der Waals surface area (Å²) in [5.41, 5.74) is 0.244. The van der Waals surface area contributed by atoms with Gasteiger partial charge in [0.25, 0.3) is 0 Å². The summed E-state index contributed by atoms with van der Waals surface area (Å²) in [6.45, 7) is 15.8. The van der Waals surface area contributed by atoms with Gasteiger partial charge in [-0.05, 0) is 55.0 Å². The number of methoxy groups -OCH3 is 1. The molecule has 0 radical (unpaired) electrons. The van der Waals surface area contributed by atoms with Crippen molar-refractivity contribution in [1.29, 1.82) is 0 Å². The number of rotatable bonds is 5. The largest absolute Gasteiger partial charge is 0.377 e. The first-order valence-corrected chi connectivity index (χ1v) is 7.11. The van der Waals surface area contributed by atoms with E-state index in [1.54, 1.807) is 7.11 Å². The molecule has 1 aliphatic rings. The van der Waals surface area contributed by atoms with Crippen LogP contribution in [0.3, 0.4) is 0 Å². The van der Waals surface area contributed by atoms with Gasteiger partial charge in [0.15, 0.2) is 0 Å². The van der Waals surface area contributed by atoms with E-state index in [4.69, 9.17) is 4.74 Å². The molecule has 18 heavy (non-hydrogen) atoms. The van der Waals surface area contributed by atoms with Crippen LogP contribution < -0.4 is 0 Å². The molecule has 0 aromatic carbocycles. The minimum absolute atomic E-state index is 0.0653. The van der Waals surface area contributed by atoms with Crippen LogP contribution in [-0.2, 0) is 4.74 Å². The fourth-order valence-corrected chi connectivity index (χ4v) is 3.23. The van der Waals surface area contributed by atoms with Crippen molar-refractivity contribution in [1.82, 2.24) is 9.80 Å². The summed E-state index contributed by atoms with van der Waals surface area (Å²) in [7, 11) is 4.03. The van der Waals surface area contributed by atoms with E-state index in [2.05, 4.69) is 58.4 Å². The van der Waals surface area contributed by atoms with Crippen molar-refractivity contribution in [3.8, 4) is 0 Å². The molecule has 0 unspecified atom stereocenters. The Balaban J connectivity index is 2.65. The Hall–Kier alpha value is -0.120. The molecule has 0 spiro atoms. The van der Waals surface area contributed by atoms with Crippen molar-refractivity contribution in [2.45, 2.75) is 71.2 Å². The van der Waals surface area contributed by atoms with E-state index in [-0.39, 0.29) is 5.60 Å². The summed E-state index contributed by atoms with van der Waals surface area (Å²) in [6.07, 6.45) is 1.24. The molecular formula is C15H32N2O. The van der Waals surface area contributed by atoms with Crippen LogP contribution in [-0.4, -0.2) is 60.3 Å². The first-order valence-electron chi connectivity index (χ1n) is 7.11. The maximum absolute atomic E-state index is 5.54. The Morgan fingerprint density at radius 3 is 2.33 bits per heavy atom. The van der Waals surface area contributed by atoms with Crippen LogP contribution >= 0.6 is 0 Å². The quantitative estimate of drug-likeness (QED) is 0.752. The molecule has 3 nitrogen and oxygen atoms in total. The highest BCUT2D eigenvalue weighted by molar-refractivity contribution is 4.98. The van der Waals surface area contributed by atoms with Crippen molar-refractivity contribution in [2.24, 2.45) is 0 Å². The van der Waals surface area contributed by atoms with Gasteiger partial charge in [-0.3, -0.25) is 9.80 Å². The molecule has 0 aromatic rings. The number of likely N-dealkylation sites (N-methyl/N-ethyl adjacent to an activating group) is 1. The van der Waals surface area contributed by atoms with Gasteiger partial charge in [0.05, 0.1) is 5.60 Å². The molecule has 0 aliphatic carbocycles. The van der Waals surface area contributed by atoms with Gasteiger partial charge in [0.2, 0.25) is 0 Å². The number of ether oxygens (including phenoxy) is 1. The molecule has 0 amide bonds. The summed E-state index contributed by atoms with van der Waals surface area (Å²) < 4.78 is 5.54. The topological polar surface area (TPSA) is 15.7 Å². The van der Waals surface area contributed by atoms with Crippen LogP contribution in [0.1, 0.15) is 48.0 Å². The standard InChI is InChI=1S/C15H32N2O/c1-12(2)17-10-13(9-14(17,3)4)16(7)11-15(5,6)18-8/h12-13H,9-11H2,1-8H3/t13-/m0/s1. The van der Waals surface area contributed by atoms with Crippen molar-refractivity contribution in [3.05, 3.63) is 0 Å². The average molecular weight is 256 g/mol. The average Bonchev–Trinajstić information content (AvgIpc) is 2.54. The fraction of sp³-hybridized carbons (Fsp3) is 1.00. The molecule has 1 heterocycles. The van der Waals surface area contributed by atoms with Crippen molar-refractivity contribution in [3.63, 3.8) is 0 Å². The lowest BCUT2D eigenvalue weighted by Crippen LogP contribution is -2.45. The molecule has 0 aromatic heterocycles. The third-order valence-electron chi connectivity index (χ3n) is 4.35. The van der Waals surface area contributed by atoms with Gasteiger partial charge in [0, 0.05) is 37.8 Å². The van der Waals surface area contributed by atoms with Crippen LogP contribution in [0.2, 0.25) is 0 Å². The maximum Gasteiger partial charge on any atom is 0.0749 e. The Labute approximate surface area is 113 Å². The van der Waals surface area contributed by atoms with E-state index in [9.17, 15) is 0 Å². The van der Waals surface area contributed by atoms with E-state index >= 15 is 0 Å². The summed E-state index contributed by atoms with van der Waals surface area (Å²) in [5, 5.41) is 0. The highest BCUT2D eigenvalue weighted by atomic mass is 16.5. The second kappa shape index (κ2) is 5.48. The van der Waals surface area contributed by atoms with Crippen molar-refractivity contribution >= 4 is 0 Å². The van der Waals surface area contributed by atoms with Gasteiger partial charge >= 0.3 is 0 Å². The molecule has 0 bridgehead atoms. The van der Waals surface area contributed by atoms with Crippen LogP contribution in [0, 0.1) is 0 Å². The van der Waals surface area contributed by atoms with Gasteiger partial charge in [0.1, 0.15) is 0 Å². The Morgan fingerprint density at radius 1 is 1.39 bits per heavy atom. The van der Waals surface area contributed by atoms with Crippen LogP contribution in [0.5, 0.6) is 0 Å². The second-order valence-electron chi connectivity index (χ2n) is 7.30. The molecule has 0 N–H and O–H groups in total. The lowest BCUT2D eigenvalue weighted by Gasteiger charge is -2.34. The lowest BCUT2D eigenvalue weighted by molar-refractivity contribution is -0.0101. The Kier molecular flexibility index (Phi) is 4.85. The van der Waals surface area contributed by atoms with E-state index < -0.39 is 0 Å². The maximum atomic E-state index is 5.54. The zero-order valence-electron chi connectivity index (χ0n) is 13.6. The highest BCUT2D eigenvalue weighted by Crippen LogP contribution is 2.33. The van der Waals surface area contributed by atoms with Gasteiger partial charge < -0.3 is 4.74 Å². The number of hydrogen-bond acceptors (Lipinski definition) is 3. The van der Waals surface area contributed by atoms with Gasteiger partial charge in [-0.25, -0.2) is 0 Å². The van der Waals surface area contributed by atoms with Gasteiger partial charge in [-0.1, -0.05) is 0 Å². The van der Waals surface area contributed by atoms with Crippen LogP contribution in [0.4, 0.5) is 0 Å². The molecule has 1 rings (SSSR count). The minimum Gasteiger partial charge on any atom is -0.377 e. The Bertz CT molecular complexity index is 274. The van der Waals surface area contributed by atoms with Gasteiger partial charge in [-0.15, -0.1) is 0 Å². The molecule has 1 aliphatic heterocycles. The fourth-order valence-electron chi connectivity index (χ4n) is 3.23. The molecule has 1 fully saturated rings. The first-order chi connectivity index (χ1) is 8.09. The van der Waals surface area contributed by atoms with E-state index in [1.165, 1.54) is 13.0 Å². The second-order valence-corrected chi connectivity index (χ2v) is 7.30. The first kappa shape index (κ1) is 15.9. The van der Waals surface area contributed by atoms with Gasteiger partial charge in [-0.2, -0.15) is 0 Å². The molecular weight excluding hydrogens is 224 g/mol. The smallest absolute Gasteiger partial charge is 0.0749 e. The number of likely N-dealkylation sites (tertiary alicyclic amines) is 1. The normalized spacial score (nSPS) is 25.3. The summed E-state index contributed by atoms with van der Waals surface area (Å²) in [4.78, 5) is 5.08. The Morgan fingerprint density at radius 2 is 1.94 bits per heavy atom. The zero-order chi connectivity index (χ0) is 14.1. The third-order valence-corrected chi connectivity index (χ3v) is 4.35. The SMILES string of the molecule is COC(C)(C)CN(C)[C@@H]1CN(C(C)C)C(C)(C)C1.